The van der Waals surface area contributed by atoms with Crippen LogP contribution in [0.4, 0.5) is 0 Å². The molecular weight excluding hydrogens is 174 g/mol. The van der Waals surface area contributed by atoms with E-state index in [1.165, 1.54) is 25.7 Å². The third-order valence-electron chi connectivity index (χ3n) is 2.99. The van der Waals surface area contributed by atoms with Crippen LogP contribution in [0.3, 0.4) is 0 Å². The molecule has 0 aromatic carbocycles. The second-order valence-electron chi connectivity index (χ2n) is 4.49. The fraction of sp³-hybridized carbons (Fsp3) is 1.00. The molecule has 0 aliphatic heterocycles. The Morgan fingerprint density at radius 2 is 1.93 bits per heavy atom. The van der Waals surface area contributed by atoms with Crippen LogP contribution < -0.4 is 16.4 Å². The van der Waals surface area contributed by atoms with Crippen molar-refractivity contribution in [3.05, 3.63) is 0 Å². The summed E-state index contributed by atoms with van der Waals surface area (Å²) < 4.78 is 0. The molecule has 0 amide bonds. The highest BCUT2D eigenvalue weighted by Gasteiger charge is 2.19. The SMILES string of the molecule is CCNCC(C)NC1CCC(N)CC1. The van der Waals surface area contributed by atoms with Gasteiger partial charge in [0, 0.05) is 24.7 Å². The molecule has 1 fully saturated rings. The lowest BCUT2D eigenvalue weighted by atomic mass is 9.91. The summed E-state index contributed by atoms with van der Waals surface area (Å²) in [5.74, 6) is 0. The lowest BCUT2D eigenvalue weighted by molar-refractivity contribution is 0.316. The van der Waals surface area contributed by atoms with Crippen molar-refractivity contribution in [1.82, 2.24) is 10.6 Å². The van der Waals surface area contributed by atoms with E-state index in [0.717, 1.165) is 13.1 Å². The third-order valence-corrected chi connectivity index (χ3v) is 2.99. The van der Waals surface area contributed by atoms with Crippen molar-refractivity contribution in [2.75, 3.05) is 13.1 Å². The Bertz CT molecular complexity index is 141. The molecule has 1 unspecified atom stereocenters. The third kappa shape index (κ3) is 4.40. The largest absolute Gasteiger partial charge is 0.328 e. The average molecular weight is 199 g/mol. The molecule has 4 N–H and O–H groups in total. The zero-order valence-corrected chi connectivity index (χ0v) is 9.55. The highest BCUT2D eigenvalue weighted by Crippen LogP contribution is 2.17. The Balaban J connectivity index is 2.10. The summed E-state index contributed by atoms with van der Waals surface area (Å²) in [6.07, 6.45) is 4.87. The number of hydrogen-bond donors (Lipinski definition) is 3. The summed E-state index contributed by atoms with van der Waals surface area (Å²) in [4.78, 5) is 0. The summed E-state index contributed by atoms with van der Waals surface area (Å²) in [5.41, 5.74) is 5.87. The molecule has 1 aliphatic carbocycles. The van der Waals surface area contributed by atoms with Gasteiger partial charge in [0.05, 0.1) is 0 Å². The summed E-state index contributed by atoms with van der Waals surface area (Å²) in [7, 11) is 0. The first-order chi connectivity index (χ1) is 6.72. The van der Waals surface area contributed by atoms with Gasteiger partial charge in [0.15, 0.2) is 0 Å². The smallest absolute Gasteiger partial charge is 0.0166 e. The van der Waals surface area contributed by atoms with Crippen molar-refractivity contribution in [1.29, 1.82) is 0 Å². The standard InChI is InChI=1S/C11H25N3/c1-3-13-8-9(2)14-11-6-4-10(12)5-7-11/h9-11,13-14H,3-8,12H2,1-2H3. The Kier molecular flexibility index (Phi) is 5.45. The molecule has 1 aliphatic rings. The van der Waals surface area contributed by atoms with E-state index in [1.54, 1.807) is 0 Å². The predicted octanol–water partition coefficient (Wildman–Crippen LogP) is 0.844. The highest BCUT2D eigenvalue weighted by atomic mass is 15.0. The van der Waals surface area contributed by atoms with E-state index in [1.807, 2.05) is 0 Å². The van der Waals surface area contributed by atoms with Gasteiger partial charge >= 0.3 is 0 Å². The molecule has 14 heavy (non-hydrogen) atoms. The van der Waals surface area contributed by atoms with Gasteiger partial charge in [-0.15, -0.1) is 0 Å². The quantitative estimate of drug-likeness (QED) is 0.615. The van der Waals surface area contributed by atoms with Crippen LogP contribution in [-0.2, 0) is 0 Å². The Labute approximate surface area is 87.8 Å². The zero-order chi connectivity index (χ0) is 10.4. The van der Waals surface area contributed by atoms with Crippen molar-refractivity contribution in [2.45, 2.75) is 57.7 Å². The van der Waals surface area contributed by atoms with Gasteiger partial charge in [-0.1, -0.05) is 6.92 Å². The molecule has 84 valence electrons. The van der Waals surface area contributed by atoms with Crippen LogP contribution in [0, 0.1) is 0 Å². The van der Waals surface area contributed by atoms with Gasteiger partial charge in [0.2, 0.25) is 0 Å². The van der Waals surface area contributed by atoms with Crippen LogP contribution in [0.2, 0.25) is 0 Å². The lowest BCUT2D eigenvalue weighted by Gasteiger charge is -2.29. The van der Waals surface area contributed by atoms with Gasteiger partial charge in [-0.05, 0) is 39.2 Å². The molecular formula is C11H25N3. The highest BCUT2D eigenvalue weighted by molar-refractivity contribution is 4.81. The van der Waals surface area contributed by atoms with Crippen LogP contribution in [0.1, 0.15) is 39.5 Å². The summed E-state index contributed by atoms with van der Waals surface area (Å²) in [5, 5.41) is 7.02. The Morgan fingerprint density at radius 3 is 2.50 bits per heavy atom. The van der Waals surface area contributed by atoms with E-state index in [-0.39, 0.29) is 0 Å². The molecule has 0 spiro atoms. The van der Waals surface area contributed by atoms with Crippen LogP contribution in [0.15, 0.2) is 0 Å². The van der Waals surface area contributed by atoms with Crippen molar-refractivity contribution >= 4 is 0 Å². The maximum absolute atomic E-state index is 5.87. The van der Waals surface area contributed by atoms with Gasteiger partial charge in [-0.25, -0.2) is 0 Å². The minimum atomic E-state index is 0.456. The number of likely N-dealkylation sites (N-methyl/N-ethyl adjacent to an activating group) is 1. The summed E-state index contributed by atoms with van der Waals surface area (Å²) in [6, 6.07) is 1.73. The summed E-state index contributed by atoms with van der Waals surface area (Å²) >= 11 is 0. The predicted molar refractivity (Wildman–Crippen MR) is 61.4 cm³/mol. The van der Waals surface area contributed by atoms with Crippen LogP contribution in [-0.4, -0.2) is 31.2 Å². The van der Waals surface area contributed by atoms with Crippen LogP contribution in [0.5, 0.6) is 0 Å². The van der Waals surface area contributed by atoms with E-state index in [9.17, 15) is 0 Å². The van der Waals surface area contributed by atoms with Gasteiger partial charge in [-0.2, -0.15) is 0 Å². The molecule has 0 bridgehead atoms. The number of nitrogens with two attached hydrogens (primary N) is 1. The van der Waals surface area contributed by atoms with Crippen molar-refractivity contribution < 1.29 is 0 Å². The molecule has 0 aromatic heterocycles. The normalized spacial score (nSPS) is 30.2. The van der Waals surface area contributed by atoms with E-state index in [4.69, 9.17) is 5.73 Å². The van der Waals surface area contributed by atoms with Crippen LogP contribution >= 0.6 is 0 Å². The number of rotatable bonds is 5. The Morgan fingerprint density at radius 1 is 1.29 bits per heavy atom. The minimum absolute atomic E-state index is 0.456. The zero-order valence-electron chi connectivity index (χ0n) is 9.55. The van der Waals surface area contributed by atoms with E-state index in [2.05, 4.69) is 24.5 Å². The molecule has 1 saturated carbocycles. The second-order valence-corrected chi connectivity index (χ2v) is 4.49. The average Bonchev–Trinajstić information content (AvgIpc) is 2.18. The number of hydrogen-bond acceptors (Lipinski definition) is 3. The monoisotopic (exact) mass is 199 g/mol. The minimum Gasteiger partial charge on any atom is -0.328 e. The molecule has 3 nitrogen and oxygen atoms in total. The fourth-order valence-electron chi connectivity index (χ4n) is 2.11. The molecule has 0 heterocycles. The molecule has 1 rings (SSSR count). The maximum atomic E-state index is 5.87. The van der Waals surface area contributed by atoms with Crippen molar-refractivity contribution in [2.24, 2.45) is 5.73 Å². The van der Waals surface area contributed by atoms with Gasteiger partial charge in [0.25, 0.3) is 0 Å². The van der Waals surface area contributed by atoms with E-state index >= 15 is 0 Å². The van der Waals surface area contributed by atoms with Gasteiger partial charge in [-0.3, -0.25) is 0 Å². The van der Waals surface area contributed by atoms with E-state index < -0.39 is 0 Å². The molecule has 1 atom stereocenters. The van der Waals surface area contributed by atoms with Gasteiger partial charge in [0.1, 0.15) is 0 Å². The lowest BCUT2D eigenvalue weighted by Crippen LogP contribution is -2.45. The molecule has 3 heteroatoms. The first-order valence-corrected chi connectivity index (χ1v) is 5.94. The first-order valence-electron chi connectivity index (χ1n) is 5.94. The maximum Gasteiger partial charge on any atom is 0.0166 e. The van der Waals surface area contributed by atoms with E-state index in [0.29, 0.717) is 18.1 Å². The van der Waals surface area contributed by atoms with Crippen molar-refractivity contribution in [3.63, 3.8) is 0 Å². The summed E-state index contributed by atoms with van der Waals surface area (Å²) in [6.45, 7) is 6.52. The fourth-order valence-corrected chi connectivity index (χ4v) is 2.11. The van der Waals surface area contributed by atoms with Gasteiger partial charge < -0.3 is 16.4 Å². The number of nitrogens with one attached hydrogen (secondary N) is 2. The Hall–Kier alpha value is -0.120. The van der Waals surface area contributed by atoms with Crippen molar-refractivity contribution in [3.8, 4) is 0 Å². The first kappa shape index (κ1) is 12.0. The molecule has 0 radical (unpaired) electrons. The topological polar surface area (TPSA) is 50.1 Å². The molecule has 0 saturated heterocycles. The van der Waals surface area contributed by atoms with Crippen LogP contribution in [0.25, 0.3) is 0 Å². The second kappa shape index (κ2) is 6.38. The molecule has 0 aromatic rings.